The van der Waals surface area contributed by atoms with E-state index in [2.05, 4.69) is 52.8 Å². The van der Waals surface area contributed by atoms with E-state index in [-0.39, 0.29) is 6.17 Å². The van der Waals surface area contributed by atoms with Crippen molar-refractivity contribution in [3.8, 4) is 17.2 Å². The van der Waals surface area contributed by atoms with Gasteiger partial charge in [0.15, 0.2) is 0 Å². The van der Waals surface area contributed by atoms with Gasteiger partial charge in [0.25, 0.3) is 0 Å². The van der Waals surface area contributed by atoms with E-state index in [1.54, 1.807) is 0 Å². The van der Waals surface area contributed by atoms with Gasteiger partial charge in [0.05, 0.1) is 22.0 Å². The van der Waals surface area contributed by atoms with Gasteiger partial charge in [-0.1, -0.05) is 48.9 Å². The number of nitrogens with one attached hydrogen (secondary N) is 2. The minimum absolute atomic E-state index is 0.0621. The van der Waals surface area contributed by atoms with Gasteiger partial charge in [-0.15, -0.1) is 0 Å². The molecule has 0 aliphatic carbocycles. The fraction of sp³-hybridized carbons (Fsp3) is 0.240. The summed E-state index contributed by atoms with van der Waals surface area (Å²) in [5.74, 6) is 0. The Morgan fingerprint density at radius 2 is 2.00 bits per heavy atom. The molecule has 6 heteroatoms. The molecule has 0 amide bonds. The lowest BCUT2D eigenvalue weighted by atomic mass is 9.97. The van der Waals surface area contributed by atoms with E-state index in [4.69, 9.17) is 17.3 Å². The number of halogens is 1. The highest BCUT2D eigenvalue weighted by atomic mass is 35.5. The van der Waals surface area contributed by atoms with Crippen molar-refractivity contribution in [3.05, 3.63) is 75.8 Å². The van der Waals surface area contributed by atoms with Crippen molar-refractivity contribution in [3.63, 3.8) is 0 Å². The van der Waals surface area contributed by atoms with Crippen molar-refractivity contribution in [2.45, 2.75) is 32.6 Å². The lowest BCUT2D eigenvalue weighted by Gasteiger charge is -2.21. The summed E-state index contributed by atoms with van der Waals surface area (Å²) in [6, 6.07) is 18.6. The third-order valence-electron chi connectivity index (χ3n) is 6.21. The number of rotatable bonds is 4. The molecule has 2 aliphatic rings. The summed E-state index contributed by atoms with van der Waals surface area (Å²) >= 11 is 6.50. The molecule has 1 atom stereocenters. The molecule has 0 saturated heterocycles. The van der Waals surface area contributed by atoms with E-state index in [0.717, 1.165) is 54.1 Å². The van der Waals surface area contributed by atoms with Crippen LogP contribution in [0.2, 0.25) is 5.02 Å². The Morgan fingerprint density at radius 1 is 1.13 bits per heavy atom. The summed E-state index contributed by atoms with van der Waals surface area (Å²) in [4.78, 5) is 2.42. The first-order valence-corrected chi connectivity index (χ1v) is 10.9. The van der Waals surface area contributed by atoms with Crippen LogP contribution < -0.4 is 16.4 Å². The van der Waals surface area contributed by atoms with Crippen LogP contribution in [0.15, 0.2) is 48.5 Å². The molecule has 2 heterocycles. The molecule has 2 aliphatic heterocycles. The lowest BCUT2D eigenvalue weighted by molar-refractivity contribution is 0.279. The van der Waals surface area contributed by atoms with E-state index in [1.807, 2.05) is 24.3 Å². The number of hydrogen-bond acceptors (Lipinski definition) is 5. The Bertz CT molecular complexity index is 1210. The molecular formula is C25H24ClN5. The van der Waals surface area contributed by atoms with Gasteiger partial charge in [0.2, 0.25) is 0 Å². The third kappa shape index (κ3) is 3.48. The van der Waals surface area contributed by atoms with Gasteiger partial charge in [0, 0.05) is 30.9 Å². The topological polar surface area (TPSA) is 77.1 Å². The fourth-order valence-electron chi connectivity index (χ4n) is 4.71. The van der Waals surface area contributed by atoms with E-state index < -0.39 is 0 Å². The zero-order chi connectivity index (χ0) is 21.5. The quantitative estimate of drug-likeness (QED) is 0.497. The maximum Gasteiger partial charge on any atom is 0.110 e. The summed E-state index contributed by atoms with van der Waals surface area (Å²) in [6.45, 7) is 4.64. The van der Waals surface area contributed by atoms with Crippen LogP contribution in [0.4, 0.5) is 17.1 Å². The smallest absolute Gasteiger partial charge is 0.110 e. The van der Waals surface area contributed by atoms with E-state index >= 15 is 0 Å². The number of nitrogen functional groups attached to an aromatic ring is 1. The van der Waals surface area contributed by atoms with Crippen LogP contribution in [0.3, 0.4) is 0 Å². The summed E-state index contributed by atoms with van der Waals surface area (Å²) in [5.41, 5.74) is 15.1. The summed E-state index contributed by atoms with van der Waals surface area (Å²) in [7, 11) is 0. The first-order chi connectivity index (χ1) is 15.1. The molecule has 5 nitrogen and oxygen atoms in total. The van der Waals surface area contributed by atoms with Crippen molar-refractivity contribution < 1.29 is 0 Å². The summed E-state index contributed by atoms with van der Waals surface area (Å²) < 4.78 is 0. The number of anilines is 3. The van der Waals surface area contributed by atoms with Crippen LogP contribution in [0.1, 0.15) is 29.2 Å². The molecule has 31 heavy (non-hydrogen) atoms. The van der Waals surface area contributed by atoms with Gasteiger partial charge < -0.3 is 16.4 Å². The van der Waals surface area contributed by atoms with Crippen molar-refractivity contribution in [2.24, 2.45) is 0 Å². The average molecular weight is 430 g/mol. The minimum atomic E-state index is 0.0621. The molecule has 3 aromatic carbocycles. The molecule has 156 valence electrons. The molecule has 0 bridgehead atoms. The molecule has 1 unspecified atom stereocenters. The van der Waals surface area contributed by atoms with Crippen molar-refractivity contribution in [1.82, 2.24) is 4.90 Å². The average Bonchev–Trinajstić information content (AvgIpc) is 3.36. The van der Waals surface area contributed by atoms with Gasteiger partial charge in [-0.2, -0.15) is 5.26 Å². The SMILES string of the molecule is CCc1ccc2c(c1C#N)NC(CN1Cc3cccc(-c4ccc(N)cc4Cl)c3C1)N2. The van der Waals surface area contributed by atoms with Gasteiger partial charge >= 0.3 is 0 Å². The minimum Gasteiger partial charge on any atom is -0.399 e. The Hall–Kier alpha value is -3.20. The van der Waals surface area contributed by atoms with Crippen LogP contribution in [0, 0.1) is 11.3 Å². The predicted molar refractivity (Wildman–Crippen MR) is 127 cm³/mol. The largest absolute Gasteiger partial charge is 0.399 e. The molecule has 4 N–H and O–H groups in total. The highest BCUT2D eigenvalue weighted by molar-refractivity contribution is 6.33. The normalized spacial score (nSPS) is 16.9. The standard InChI is InChI=1S/C25H24ClN5/c1-2-15-6-9-23-25(20(15)11-27)30-24(29-23)14-31-12-16-4-3-5-18(21(16)13-31)19-8-7-17(28)10-22(19)26/h3-10,24,29-30H,2,12-14,28H2,1H3. The number of benzene rings is 3. The molecule has 0 aromatic heterocycles. The van der Waals surface area contributed by atoms with E-state index in [9.17, 15) is 5.26 Å². The second-order valence-corrected chi connectivity index (χ2v) is 8.59. The second-order valence-electron chi connectivity index (χ2n) is 8.18. The van der Waals surface area contributed by atoms with E-state index in [1.165, 1.54) is 16.7 Å². The number of nitrogens with two attached hydrogens (primary N) is 1. The zero-order valence-electron chi connectivity index (χ0n) is 17.4. The van der Waals surface area contributed by atoms with Gasteiger partial charge in [0.1, 0.15) is 12.2 Å². The first kappa shape index (κ1) is 19.7. The highest BCUT2D eigenvalue weighted by Crippen LogP contribution is 2.38. The van der Waals surface area contributed by atoms with Gasteiger partial charge in [-0.25, -0.2) is 0 Å². The first-order valence-electron chi connectivity index (χ1n) is 10.5. The van der Waals surface area contributed by atoms with Gasteiger partial charge in [-0.05, 0) is 46.9 Å². The van der Waals surface area contributed by atoms with Crippen LogP contribution in [-0.4, -0.2) is 17.6 Å². The number of fused-ring (bicyclic) bond motifs is 2. The lowest BCUT2D eigenvalue weighted by Crippen LogP contribution is -2.36. The Labute approximate surface area is 187 Å². The molecule has 3 aromatic rings. The molecule has 0 saturated carbocycles. The monoisotopic (exact) mass is 429 g/mol. The number of aryl methyl sites for hydroxylation is 1. The molecular weight excluding hydrogens is 406 g/mol. The van der Waals surface area contributed by atoms with Gasteiger partial charge in [-0.3, -0.25) is 4.90 Å². The van der Waals surface area contributed by atoms with Crippen molar-refractivity contribution in [1.29, 1.82) is 5.26 Å². The number of nitriles is 1. The zero-order valence-corrected chi connectivity index (χ0v) is 18.1. The molecule has 5 rings (SSSR count). The maximum absolute atomic E-state index is 9.63. The maximum atomic E-state index is 9.63. The Morgan fingerprint density at radius 3 is 2.77 bits per heavy atom. The van der Waals surface area contributed by atoms with Crippen LogP contribution in [0.5, 0.6) is 0 Å². The fourth-order valence-corrected chi connectivity index (χ4v) is 5.00. The van der Waals surface area contributed by atoms with Crippen LogP contribution in [0.25, 0.3) is 11.1 Å². The van der Waals surface area contributed by atoms with Crippen LogP contribution >= 0.6 is 11.6 Å². The van der Waals surface area contributed by atoms with Crippen molar-refractivity contribution >= 4 is 28.7 Å². The number of nitrogens with zero attached hydrogens (tertiary/aromatic N) is 2. The number of hydrogen-bond donors (Lipinski definition) is 3. The van der Waals surface area contributed by atoms with Crippen molar-refractivity contribution in [2.75, 3.05) is 22.9 Å². The van der Waals surface area contributed by atoms with Crippen LogP contribution in [-0.2, 0) is 19.5 Å². The summed E-state index contributed by atoms with van der Waals surface area (Å²) in [6.07, 6.45) is 0.910. The Balaban J connectivity index is 1.35. The highest BCUT2D eigenvalue weighted by Gasteiger charge is 2.29. The molecule has 0 spiro atoms. The summed E-state index contributed by atoms with van der Waals surface area (Å²) in [5, 5.41) is 17.4. The predicted octanol–water partition coefficient (Wildman–Crippen LogP) is 5.20. The van der Waals surface area contributed by atoms with E-state index in [0.29, 0.717) is 10.7 Å². The molecule has 0 radical (unpaired) electrons. The second kappa shape index (κ2) is 7.81. The third-order valence-corrected chi connectivity index (χ3v) is 6.52. The molecule has 0 fully saturated rings. The Kier molecular flexibility index (Phi) is 4.97.